The van der Waals surface area contributed by atoms with E-state index >= 15 is 0 Å². The molecule has 0 amide bonds. The molecule has 0 saturated heterocycles. The number of fused-ring (bicyclic) bond motifs is 1. The summed E-state index contributed by atoms with van der Waals surface area (Å²) in [6.45, 7) is 0. The second kappa shape index (κ2) is 4.44. The standard InChI is InChI=1S/C15H15N3O2/c19-13-7-9(14-2-1-5-20-14)6-12-11(13)8-16-15(18-12)17-10-3-4-10/h1-2,5,8-10H,3-4,6-7H2,(H,16,17,18)/t9-/m1/s1. The summed E-state index contributed by atoms with van der Waals surface area (Å²) in [5, 5.41) is 3.27. The average Bonchev–Trinajstić information content (AvgIpc) is 3.08. The minimum Gasteiger partial charge on any atom is -0.469 e. The molecule has 0 unspecified atom stereocenters. The van der Waals surface area contributed by atoms with E-state index in [0.29, 0.717) is 24.0 Å². The maximum Gasteiger partial charge on any atom is 0.223 e. The Kier molecular flexibility index (Phi) is 2.58. The zero-order valence-electron chi connectivity index (χ0n) is 11.0. The minimum atomic E-state index is 0.0914. The molecule has 4 rings (SSSR count). The summed E-state index contributed by atoms with van der Waals surface area (Å²) in [4.78, 5) is 21.0. The molecule has 2 aliphatic rings. The van der Waals surface area contributed by atoms with Crippen LogP contribution in [-0.2, 0) is 6.42 Å². The quantitative estimate of drug-likeness (QED) is 0.927. The lowest BCUT2D eigenvalue weighted by Crippen LogP contribution is -2.21. The third kappa shape index (κ3) is 2.09. The van der Waals surface area contributed by atoms with E-state index < -0.39 is 0 Å². The summed E-state index contributed by atoms with van der Waals surface area (Å²) in [5.41, 5.74) is 1.50. The predicted molar refractivity (Wildman–Crippen MR) is 72.8 cm³/mol. The molecule has 20 heavy (non-hydrogen) atoms. The zero-order valence-corrected chi connectivity index (χ0v) is 11.0. The molecule has 1 atom stereocenters. The van der Waals surface area contributed by atoms with Crippen LogP contribution in [0.3, 0.4) is 0 Å². The lowest BCUT2D eigenvalue weighted by atomic mass is 9.85. The summed E-state index contributed by atoms with van der Waals surface area (Å²) in [7, 11) is 0. The normalized spacial score (nSPS) is 21.6. The Labute approximate surface area is 116 Å². The molecule has 2 heterocycles. The Hall–Kier alpha value is -2.17. The van der Waals surface area contributed by atoms with Crippen LogP contribution in [0.25, 0.3) is 0 Å². The minimum absolute atomic E-state index is 0.0914. The molecule has 5 heteroatoms. The van der Waals surface area contributed by atoms with Gasteiger partial charge in [-0.25, -0.2) is 9.97 Å². The summed E-state index contributed by atoms with van der Waals surface area (Å²) in [6.07, 6.45) is 6.86. The van der Waals surface area contributed by atoms with Crippen molar-refractivity contribution in [2.24, 2.45) is 0 Å². The molecule has 0 spiro atoms. The molecule has 2 aromatic rings. The van der Waals surface area contributed by atoms with E-state index in [1.54, 1.807) is 12.5 Å². The van der Waals surface area contributed by atoms with Crippen LogP contribution in [0.1, 0.15) is 47.0 Å². The number of anilines is 1. The first-order chi connectivity index (χ1) is 9.79. The topological polar surface area (TPSA) is 68.0 Å². The fourth-order valence-corrected chi connectivity index (χ4v) is 2.65. The Morgan fingerprint density at radius 2 is 2.20 bits per heavy atom. The summed E-state index contributed by atoms with van der Waals surface area (Å²) >= 11 is 0. The molecule has 102 valence electrons. The highest BCUT2D eigenvalue weighted by molar-refractivity contribution is 5.98. The van der Waals surface area contributed by atoms with Crippen LogP contribution in [0, 0.1) is 0 Å². The molecule has 0 aliphatic heterocycles. The van der Waals surface area contributed by atoms with Crippen molar-refractivity contribution in [3.8, 4) is 0 Å². The van der Waals surface area contributed by atoms with Gasteiger partial charge in [-0.3, -0.25) is 4.79 Å². The number of carbonyl (C=O) groups is 1. The highest BCUT2D eigenvalue weighted by atomic mass is 16.3. The third-order valence-corrected chi connectivity index (χ3v) is 3.90. The van der Waals surface area contributed by atoms with Gasteiger partial charge in [-0.05, 0) is 25.0 Å². The van der Waals surface area contributed by atoms with Gasteiger partial charge >= 0.3 is 0 Å². The van der Waals surface area contributed by atoms with Crippen LogP contribution < -0.4 is 5.32 Å². The van der Waals surface area contributed by atoms with Gasteiger partial charge in [0.2, 0.25) is 5.95 Å². The van der Waals surface area contributed by atoms with E-state index in [0.717, 1.165) is 17.9 Å². The lowest BCUT2D eigenvalue weighted by Gasteiger charge is -2.21. The van der Waals surface area contributed by atoms with Gasteiger partial charge in [0.15, 0.2) is 5.78 Å². The molecule has 0 bridgehead atoms. The lowest BCUT2D eigenvalue weighted by molar-refractivity contribution is 0.0958. The van der Waals surface area contributed by atoms with E-state index in [-0.39, 0.29) is 11.7 Å². The number of hydrogen-bond donors (Lipinski definition) is 1. The summed E-state index contributed by atoms with van der Waals surface area (Å²) in [5.74, 6) is 1.69. The van der Waals surface area contributed by atoms with E-state index in [1.807, 2.05) is 12.1 Å². The molecular weight excluding hydrogens is 254 g/mol. The van der Waals surface area contributed by atoms with Crippen LogP contribution in [0.15, 0.2) is 29.0 Å². The fourth-order valence-electron chi connectivity index (χ4n) is 2.65. The van der Waals surface area contributed by atoms with Crippen molar-refractivity contribution < 1.29 is 9.21 Å². The maximum absolute atomic E-state index is 12.2. The van der Waals surface area contributed by atoms with Crippen molar-refractivity contribution in [3.63, 3.8) is 0 Å². The summed E-state index contributed by atoms with van der Waals surface area (Å²) in [6, 6.07) is 4.29. The number of ketones is 1. The molecule has 1 saturated carbocycles. The van der Waals surface area contributed by atoms with Gasteiger partial charge in [-0.2, -0.15) is 0 Å². The van der Waals surface area contributed by atoms with Gasteiger partial charge in [0.25, 0.3) is 0 Å². The summed E-state index contributed by atoms with van der Waals surface area (Å²) < 4.78 is 5.43. The average molecular weight is 269 g/mol. The predicted octanol–water partition coefficient (Wildman–Crippen LogP) is 2.56. The first-order valence-electron chi connectivity index (χ1n) is 6.98. The Morgan fingerprint density at radius 1 is 1.30 bits per heavy atom. The van der Waals surface area contributed by atoms with Crippen molar-refractivity contribution in [2.45, 2.75) is 37.6 Å². The number of hydrogen-bond acceptors (Lipinski definition) is 5. The van der Waals surface area contributed by atoms with Crippen molar-refractivity contribution in [1.82, 2.24) is 9.97 Å². The van der Waals surface area contributed by atoms with Crippen LogP contribution in [0.5, 0.6) is 0 Å². The first kappa shape index (κ1) is 11.6. The van der Waals surface area contributed by atoms with Crippen LogP contribution >= 0.6 is 0 Å². The number of nitrogens with one attached hydrogen (secondary N) is 1. The van der Waals surface area contributed by atoms with E-state index in [1.165, 1.54) is 12.8 Å². The van der Waals surface area contributed by atoms with Crippen molar-refractivity contribution in [2.75, 3.05) is 5.32 Å². The monoisotopic (exact) mass is 269 g/mol. The smallest absolute Gasteiger partial charge is 0.223 e. The van der Waals surface area contributed by atoms with E-state index in [4.69, 9.17) is 4.42 Å². The van der Waals surface area contributed by atoms with Gasteiger partial charge in [-0.15, -0.1) is 0 Å². The SMILES string of the molecule is O=C1C[C@H](c2ccco2)Cc2nc(NC3CC3)ncc21. The Balaban J connectivity index is 1.64. The highest BCUT2D eigenvalue weighted by Crippen LogP contribution is 2.32. The van der Waals surface area contributed by atoms with Crippen molar-refractivity contribution >= 4 is 11.7 Å². The second-order valence-electron chi connectivity index (χ2n) is 5.52. The number of nitrogens with zero attached hydrogens (tertiary/aromatic N) is 2. The Bertz CT molecular complexity index is 647. The molecule has 5 nitrogen and oxygen atoms in total. The first-order valence-corrected chi connectivity index (χ1v) is 6.98. The number of furan rings is 1. The van der Waals surface area contributed by atoms with Crippen LogP contribution in [0.4, 0.5) is 5.95 Å². The Morgan fingerprint density at radius 3 is 2.95 bits per heavy atom. The maximum atomic E-state index is 12.2. The van der Waals surface area contributed by atoms with Gasteiger partial charge in [-0.1, -0.05) is 0 Å². The number of aromatic nitrogens is 2. The van der Waals surface area contributed by atoms with Gasteiger partial charge in [0, 0.05) is 31.0 Å². The highest BCUT2D eigenvalue weighted by Gasteiger charge is 2.30. The molecule has 0 aromatic carbocycles. The molecular formula is C15H15N3O2. The molecule has 1 N–H and O–H groups in total. The van der Waals surface area contributed by atoms with Crippen LogP contribution in [-0.4, -0.2) is 21.8 Å². The van der Waals surface area contributed by atoms with Gasteiger partial charge in [0.05, 0.1) is 17.5 Å². The largest absolute Gasteiger partial charge is 0.469 e. The second-order valence-corrected chi connectivity index (χ2v) is 5.52. The van der Waals surface area contributed by atoms with Crippen molar-refractivity contribution in [1.29, 1.82) is 0 Å². The molecule has 1 fully saturated rings. The zero-order chi connectivity index (χ0) is 13.5. The molecule has 0 radical (unpaired) electrons. The fraction of sp³-hybridized carbons (Fsp3) is 0.400. The molecule has 2 aromatic heterocycles. The van der Waals surface area contributed by atoms with Crippen LogP contribution in [0.2, 0.25) is 0 Å². The number of rotatable bonds is 3. The van der Waals surface area contributed by atoms with E-state index in [9.17, 15) is 4.79 Å². The third-order valence-electron chi connectivity index (χ3n) is 3.90. The number of carbonyl (C=O) groups excluding carboxylic acids is 1. The number of Topliss-reactive ketones (excluding diaryl/α,β-unsaturated/α-hetero) is 1. The van der Waals surface area contributed by atoms with Gasteiger partial charge in [0.1, 0.15) is 5.76 Å². The van der Waals surface area contributed by atoms with Gasteiger partial charge < -0.3 is 9.73 Å². The van der Waals surface area contributed by atoms with E-state index in [2.05, 4.69) is 15.3 Å². The van der Waals surface area contributed by atoms with Crippen molar-refractivity contribution in [3.05, 3.63) is 41.6 Å². The molecule has 2 aliphatic carbocycles.